The van der Waals surface area contributed by atoms with Crippen LogP contribution in [0.2, 0.25) is 0 Å². The molecule has 0 radical (unpaired) electrons. The molecule has 2 aromatic rings. The molecule has 1 saturated carbocycles. The lowest BCUT2D eigenvalue weighted by molar-refractivity contribution is 0.954. The molecule has 1 aliphatic carbocycles. The van der Waals surface area contributed by atoms with Crippen LogP contribution in [-0.2, 0) is 6.42 Å². The number of nitrogens with zero attached hydrogens (tertiary/aromatic N) is 2. The summed E-state index contributed by atoms with van der Waals surface area (Å²) in [5.41, 5.74) is 2.76. The highest BCUT2D eigenvalue weighted by atomic mass is 32.1. The Bertz CT molecular complexity index is 531. The lowest BCUT2D eigenvalue weighted by Gasteiger charge is -2.05. The molecule has 0 spiro atoms. The smallest absolute Gasteiger partial charge is 0.205 e. The molecule has 0 bridgehead atoms. The van der Waals surface area contributed by atoms with Gasteiger partial charge in [0.15, 0.2) is 0 Å². The summed E-state index contributed by atoms with van der Waals surface area (Å²) in [4.78, 5) is 0. The van der Waals surface area contributed by atoms with E-state index in [0.717, 1.165) is 18.1 Å². The summed E-state index contributed by atoms with van der Waals surface area (Å²) in [6.45, 7) is 3.08. The van der Waals surface area contributed by atoms with Crippen LogP contribution in [0.3, 0.4) is 0 Å². The van der Waals surface area contributed by atoms with Crippen molar-refractivity contribution >= 4 is 16.5 Å². The second kappa shape index (κ2) is 5.06. The fourth-order valence-corrected chi connectivity index (χ4v) is 2.93. The molecule has 1 fully saturated rings. The highest BCUT2D eigenvalue weighted by Crippen LogP contribution is 2.41. The van der Waals surface area contributed by atoms with Gasteiger partial charge in [-0.15, -0.1) is 10.2 Å². The molecule has 4 heteroatoms. The number of aromatic nitrogens is 2. The molecule has 1 N–H and O–H groups in total. The van der Waals surface area contributed by atoms with E-state index in [1.54, 1.807) is 11.3 Å². The summed E-state index contributed by atoms with van der Waals surface area (Å²) in [6.07, 6.45) is 3.61. The first-order valence-corrected chi connectivity index (χ1v) is 7.26. The Labute approximate surface area is 111 Å². The van der Waals surface area contributed by atoms with Gasteiger partial charge in [0, 0.05) is 12.5 Å². The highest BCUT2D eigenvalue weighted by molar-refractivity contribution is 7.15. The average Bonchev–Trinajstić information content (AvgIpc) is 3.12. The number of aryl methyl sites for hydroxylation is 1. The van der Waals surface area contributed by atoms with Crippen LogP contribution in [0.4, 0.5) is 5.13 Å². The summed E-state index contributed by atoms with van der Waals surface area (Å²) < 4.78 is 0. The zero-order chi connectivity index (χ0) is 12.4. The predicted octanol–water partition coefficient (Wildman–Crippen LogP) is 3.38. The van der Waals surface area contributed by atoms with E-state index in [4.69, 9.17) is 0 Å². The van der Waals surface area contributed by atoms with Crippen molar-refractivity contribution < 1.29 is 0 Å². The largest absolute Gasteiger partial charge is 0.360 e. The van der Waals surface area contributed by atoms with E-state index in [2.05, 4.69) is 46.7 Å². The number of benzene rings is 1. The number of rotatable bonds is 5. The van der Waals surface area contributed by atoms with Crippen molar-refractivity contribution in [3.8, 4) is 0 Å². The van der Waals surface area contributed by atoms with Crippen LogP contribution in [0.5, 0.6) is 0 Å². The van der Waals surface area contributed by atoms with Gasteiger partial charge >= 0.3 is 0 Å². The van der Waals surface area contributed by atoms with Crippen molar-refractivity contribution in [3.63, 3.8) is 0 Å². The Morgan fingerprint density at radius 3 is 2.89 bits per heavy atom. The van der Waals surface area contributed by atoms with Crippen LogP contribution in [-0.4, -0.2) is 16.7 Å². The molecule has 94 valence electrons. The molecule has 0 saturated heterocycles. The van der Waals surface area contributed by atoms with E-state index in [1.165, 1.54) is 29.0 Å². The van der Waals surface area contributed by atoms with Gasteiger partial charge in [-0.3, -0.25) is 0 Å². The van der Waals surface area contributed by atoms with E-state index < -0.39 is 0 Å². The van der Waals surface area contributed by atoms with Gasteiger partial charge < -0.3 is 5.32 Å². The molecule has 0 amide bonds. The Morgan fingerprint density at radius 1 is 1.28 bits per heavy atom. The molecule has 1 aliphatic rings. The lowest BCUT2D eigenvalue weighted by Crippen LogP contribution is -2.05. The monoisotopic (exact) mass is 259 g/mol. The van der Waals surface area contributed by atoms with E-state index in [1.807, 2.05) is 0 Å². The standard InChI is InChI=1S/C14H17N3S/c1-10-4-2-3-5-11(10)8-9-15-14-17-16-13(18-14)12-6-7-12/h2-5,12H,6-9H2,1H3,(H,15,17). The molecule has 0 aliphatic heterocycles. The molecule has 18 heavy (non-hydrogen) atoms. The van der Waals surface area contributed by atoms with Gasteiger partial charge in [0.05, 0.1) is 0 Å². The maximum Gasteiger partial charge on any atom is 0.205 e. The molecular weight excluding hydrogens is 242 g/mol. The zero-order valence-electron chi connectivity index (χ0n) is 10.5. The van der Waals surface area contributed by atoms with Crippen molar-refractivity contribution in [1.29, 1.82) is 0 Å². The van der Waals surface area contributed by atoms with Crippen LogP contribution < -0.4 is 5.32 Å². The minimum atomic E-state index is 0.703. The summed E-state index contributed by atoms with van der Waals surface area (Å²) in [5.74, 6) is 0.703. The molecule has 1 heterocycles. The van der Waals surface area contributed by atoms with Crippen LogP contribution >= 0.6 is 11.3 Å². The summed E-state index contributed by atoms with van der Waals surface area (Å²) >= 11 is 1.71. The quantitative estimate of drug-likeness (QED) is 0.894. The Balaban J connectivity index is 1.53. The molecule has 1 aromatic heterocycles. The Hall–Kier alpha value is -1.42. The predicted molar refractivity (Wildman–Crippen MR) is 75.3 cm³/mol. The fraction of sp³-hybridized carbons (Fsp3) is 0.429. The minimum Gasteiger partial charge on any atom is -0.360 e. The number of nitrogens with one attached hydrogen (secondary N) is 1. The van der Waals surface area contributed by atoms with Crippen LogP contribution in [0.25, 0.3) is 0 Å². The fourth-order valence-electron chi connectivity index (χ4n) is 2.00. The van der Waals surface area contributed by atoms with Gasteiger partial charge in [-0.05, 0) is 37.3 Å². The maximum atomic E-state index is 4.23. The zero-order valence-corrected chi connectivity index (χ0v) is 11.3. The Morgan fingerprint density at radius 2 is 2.11 bits per heavy atom. The van der Waals surface area contributed by atoms with Crippen molar-refractivity contribution in [2.24, 2.45) is 0 Å². The summed E-state index contributed by atoms with van der Waals surface area (Å²) in [7, 11) is 0. The van der Waals surface area contributed by atoms with Gasteiger partial charge in [0.1, 0.15) is 5.01 Å². The molecule has 3 rings (SSSR count). The third kappa shape index (κ3) is 2.70. The summed E-state index contributed by atoms with van der Waals surface area (Å²) in [5, 5.41) is 13.9. The Kier molecular flexibility index (Phi) is 3.28. The SMILES string of the molecule is Cc1ccccc1CCNc1nnc(C2CC2)s1. The molecule has 1 aromatic carbocycles. The highest BCUT2D eigenvalue weighted by Gasteiger charge is 2.27. The van der Waals surface area contributed by atoms with E-state index >= 15 is 0 Å². The first-order valence-electron chi connectivity index (χ1n) is 6.45. The van der Waals surface area contributed by atoms with Gasteiger partial charge in [-0.25, -0.2) is 0 Å². The second-order valence-electron chi connectivity index (χ2n) is 4.82. The van der Waals surface area contributed by atoms with Gasteiger partial charge in [-0.2, -0.15) is 0 Å². The topological polar surface area (TPSA) is 37.8 Å². The second-order valence-corrected chi connectivity index (χ2v) is 5.83. The first-order chi connectivity index (χ1) is 8.83. The van der Waals surface area contributed by atoms with Crippen LogP contribution in [0.15, 0.2) is 24.3 Å². The molecule has 0 unspecified atom stereocenters. The van der Waals surface area contributed by atoms with Crippen molar-refractivity contribution in [2.45, 2.75) is 32.1 Å². The first kappa shape index (κ1) is 11.7. The van der Waals surface area contributed by atoms with Gasteiger partial charge in [-0.1, -0.05) is 35.6 Å². The normalized spacial score (nSPS) is 14.7. The summed E-state index contributed by atoms with van der Waals surface area (Å²) in [6, 6.07) is 8.52. The van der Waals surface area contributed by atoms with E-state index in [-0.39, 0.29) is 0 Å². The maximum absolute atomic E-state index is 4.23. The third-order valence-corrected chi connectivity index (χ3v) is 4.34. The average molecular weight is 259 g/mol. The molecule has 3 nitrogen and oxygen atoms in total. The third-order valence-electron chi connectivity index (χ3n) is 3.30. The van der Waals surface area contributed by atoms with Gasteiger partial charge in [0.25, 0.3) is 0 Å². The van der Waals surface area contributed by atoms with Gasteiger partial charge in [0.2, 0.25) is 5.13 Å². The number of anilines is 1. The van der Waals surface area contributed by atoms with Crippen molar-refractivity contribution in [1.82, 2.24) is 10.2 Å². The lowest BCUT2D eigenvalue weighted by atomic mass is 10.1. The number of hydrogen-bond acceptors (Lipinski definition) is 4. The van der Waals surface area contributed by atoms with Crippen LogP contribution in [0.1, 0.15) is 34.9 Å². The minimum absolute atomic E-state index is 0.703. The van der Waals surface area contributed by atoms with Crippen LogP contribution in [0, 0.1) is 6.92 Å². The molecule has 0 atom stereocenters. The van der Waals surface area contributed by atoms with E-state index in [9.17, 15) is 0 Å². The van der Waals surface area contributed by atoms with Crippen molar-refractivity contribution in [2.75, 3.05) is 11.9 Å². The van der Waals surface area contributed by atoms with E-state index in [0.29, 0.717) is 5.92 Å². The van der Waals surface area contributed by atoms with Crippen molar-refractivity contribution in [3.05, 3.63) is 40.4 Å². The number of hydrogen-bond donors (Lipinski definition) is 1. The molecular formula is C14H17N3S.